The summed E-state index contributed by atoms with van der Waals surface area (Å²) in [6.07, 6.45) is 5.47. The van der Waals surface area contributed by atoms with Crippen LogP contribution in [-0.4, -0.2) is 18.1 Å². The lowest BCUT2D eigenvalue weighted by atomic mass is 9.97. The van der Waals surface area contributed by atoms with Gasteiger partial charge in [-0.2, -0.15) is 0 Å². The van der Waals surface area contributed by atoms with Crippen LogP contribution in [0.25, 0.3) is 0 Å². The summed E-state index contributed by atoms with van der Waals surface area (Å²) in [5, 5.41) is 0. The third-order valence-corrected chi connectivity index (χ3v) is 4.33. The first-order valence-corrected chi connectivity index (χ1v) is 7.43. The minimum atomic E-state index is 0.581. The molecule has 0 amide bonds. The standard InChI is InChI=1S/C12H16Br2N2O/c13-10-4-11(14)12(16-6-10)17-7-9-3-1-2-8(9)5-15/h4,6,8-9H,1-3,5,7,15H2. The van der Waals surface area contributed by atoms with Gasteiger partial charge in [-0.15, -0.1) is 0 Å². The van der Waals surface area contributed by atoms with E-state index in [0.29, 0.717) is 17.7 Å². The van der Waals surface area contributed by atoms with Crippen LogP contribution < -0.4 is 10.5 Å². The molecule has 3 nitrogen and oxygen atoms in total. The van der Waals surface area contributed by atoms with E-state index in [1.807, 2.05) is 6.07 Å². The van der Waals surface area contributed by atoms with Crippen molar-refractivity contribution in [1.82, 2.24) is 4.98 Å². The zero-order valence-corrected chi connectivity index (χ0v) is 12.7. The Kier molecular flexibility index (Phi) is 4.82. The number of nitrogens with zero attached hydrogens (tertiary/aromatic N) is 1. The molecule has 0 saturated heterocycles. The SMILES string of the molecule is NCC1CCCC1COc1ncc(Br)cc1Br. The number of nitrogens with two attached hydrogens (primary N) is 1. The first-order chi connectivity index (χ1) is 8.20. The van der Waals surface area contributed by atoms with Gasteiger partial charge in [0.05, 0.1) is 11.1 Å². The van der Waals surface area contributed by atoms with Crippen LogP contribution in [-0.2, 0) is 0 Å². The predicted octanol–water partition coefficient (Wildman–Crippen LogP) is 3.36. The number of halogens is 2. The summed E-state index contributed by atoms with van der Waals surface area (Å²) < 4.78 is 7.60. The van der Waals surface area contributed by atoms with Crippen LogP contribution in [0.2, 0.25) is 0 Å². The summed E-state index contributed by atoms with van der Waals surface area (Å²) in [4.78, 5) is 4.24. The van der Waals surface area contributed by atoms with E-state index in [2.05, 4.69) is 36.8 Å². The zero-order valence-electron chi connectivity index (χ0n) is 9.53. The highest BCUT2D eigenvalue weighted by atomic mass is 79.9. The van der Waals surface area contributed by atoms with Gasteiger partial charge in [0.25, 0.3) is 0 Å². The van der Waals surface area contributed by atoms with Gasteiger partial charge in [-0.05, 0) is 69.1 Å². The lowest BCUT2D eigenvalue weighted by molar-refractivity contribution is 0.209. The fourth-order valence-electron chi connectivity index (χ4n) is 2.34. The Balaban J connectivity index is 1.93. The van der Waals surface area contributed by atoms with Crippen molar-refractivity contribution in [2.24, 2.45) is 17.6 Å². The van der Waals surface area contributed by atoms with Crippen molar-refractivity contribution in [2.45, 2.75) is 19.3 Å². The fraction of sp³-hybridized carbons (Fsp3) is 0.583. The molecule has 94 valence electrons. The van der Waals surface area contributed by atoms with Crippen molar-refractivity contribution >= 4 is 31.9 Å². The Bertz CT molecular complexity index is 387. The van der Waals surface area contributed by atoms with Gasteiger partial charge in [-0.25, -0.2) is 4.98 Å². The van der Waals surface area contributed by atoms with E-state index in [-0.39, 0.29) is 0 Å². The quantitative estimate of drug-likeness (QED) is 0.892. The van der Waals surface area contributed by atoms with Crippen molar-refractivity contribution in [1.29, 1.82) is 0 Å². The largest absolute Gasteiger partial charge is 0.477 e. The molecule has 1 aromatic heterocycles. The van der Waals surface area contributed by atoms with Gasteiger partial charge in [0, 0.05) is 10.7 Å². The normalized spacial score (nSPS) is 23.9. The number of aromatic nitrogens is 1. The van der Waals surface area contributed by atoms with E-state index in [0.717, 1.165) is 22.1 Å². The molecular weight excluding hydrogens is 348 g/mol. The number of pyridine rings is 1. The highest BCUT2D eigenvalue weighted by Gasteiger charge is 2.26. The zero-order chi connectivity index (χ0) is 12.3. The molecule has 1 aromatic rings. The number of rotatable bonds is 4. The summed E-state index contributed by atoms with van der Waals surface area (Å²) in [7, 11) is 0. The first kappa shape index (κ1) is 13.3. The molecular formula is C12H16Br2N2O. The van der Waals surface area contributed by atoms with Crippen molar-refractivity contribution in [3.63, 3.8) is 0 Å². The summed E-state index contributed by atoms with van der Waals surface area (Å²) in [6.45, 7) is 1.48. The number of hydrogen-bond donors (Lipinski definition) is 1. The molecule has 1 aliphatic carbocycles. The average Bonchev–Trinajstić information content (AvgIpc) is 2.75. The van der Waals surface area contributed by atoms with Gasteiger partial charge < -0.3 is 10.5 Å². The second-order valence-electron chi connectivity index (χ2n) is 4.44. The molecule has 0 spiro atoms. The maximum Gasteiger partial charge on any atom is 0.228 e. The van der Waals surface area contributed by atoms with Crippen molar-refractivity contribution in [3.05, 3.63) is 21.2 Å². The van der Waals surface area contributed by atoms with Crippen molar-refractivity contribution < 1.29 is 4.74 Å². The maximum absolute atomic E-state index is 5.77. The molecule has 1 fully saturated rings. The third-order valence-electron chi connectivity index (χ3n) is 3.33. The van der Waals surface area contributed by atoms with Crippen molar-refractivity contribution in [3.8, 4) is 5.88 Å². The number of hydrogen-bond acceptors (Lipinski definition) is 3. The fourth-order valence-corrected chi connectivity index (χ4v) is 3.44. The molecule has 0 aromatic carbocycles. The summed E-state index contributed by atoms with van der Waals surface area (Å²) in [6, 6.07) is 1.94. The van der Waals surface area contributed by atoms with Crippen LogP contribution in [0.5, 0.6) is 5.88 Å². The lowest BCUT2D eigenvalue weighted by Gasteiger charge is -2.18. The molecule has 1 heterocycles. The molecule has 5 heteroatoms. The van der Waals surface area contributed by atoms with Crippen LogP contribution in [0.3, 0.4) is 0 Å². The minimum absolute atomic E-state index is 0.581. The minimum Gasteiger partial charge on any atom is -0.477 e. The molecule has 2 unspecified atom stereocenters. The predicted molar refractivity (Wildman–Crippen MR) is 75.0 cm³/mol. The molecule has 0 bridgehead atoms. The molecule has 0 radical (unpaired) electrons. The molecule has 1 saturated carbocycles. The van der Waals surface area contributed by atoms with E-state index in [1.165, 1.54) is 19.3 Å². The Morgan fingerprint density at radius 3 is 2.82 bits per heavy atom. The van der Waals surface area contributed by atoms with Crippen LogP contribution in [0, 0.1) is 11.8 Å². The van der Waals surface area contributed by atoms with Gasteiger partial charge in [0.1, 0.15) is 0 Å². The lowest BCUT2D eigenvalue weighted by Crippen LogP contribution is -2.23. The Labute approximate surface area is 118 Å². The summed E-state index contributed by atoms with van der Waals surface area (Å²) in [5.41, 5.74) is 5.76. The van der Waals surface area contributed by atoms with Crippen LogP contribution in [0.4, 0.5) is 0 Å². The Morgan fingerprint density at radius 2 is 2.12 bits per heavy atom. The molecule has 1 aliphatic rings. The monoisotopic (exact) mass is 362 g/mol. The maximum atomic E-state index is 5.77. The highest BCUT2D eigenvalue weighted by molar-refractivity contribution is 9.11. The summed E-state index contributed by atoms with van der Waals surface area (Å²) >= 11 is 6.82. The van der Waals surface area contributed by atoms with Gasteiger partial charge in [0.15, 0.2) is 0 Å². The average molecular weight is 364 g/mol. The molecule has 2 rings (SSSR count). The molecule has 17 heavy (non-hydrogen) atoms. The van der Waals surface area contributed by atoms with E-state index in [4.69, 9.17) is 10.5 Å². The molecule has 2 atom stereocenters. The van der Waals surface area contributed by atoms with Gasteiger partial charge in [-0.1, -0.05) is 6.42 Å². The second-order valence-corrected chi connectivity index (χ2v) is 6.21. The number of ether oxygens (including phenoxy) is 1. The van der Waals surface area contributed by atoms with Gasteiger partial charge in [0.2, 0.25) is 5.88 Å². The van der Waals surface area contributed by atoms with E-state index >= 15 is 0 Å². The second kappa shape index (κ2) is 6.16. The van der Waals surface area contributed by atoms with Gasteiger partial charge in [-0.3, -0.25) is 0 Å². The topological polar surface area (TPSA) is 48.1 Å². The Hall–Kier alpha value is -0.130. The highest BCUT2D eigenvalue weighted by Crippen LogP contribution is 2.32. The van der Waals surface area contributed by atoms with Crippen molar-refractivity contribution in [2.75, 3.05) is 13.2 Å². The van der Waals surface area contributed by atoms with Crippen LogP contribution in [0.15, 0.2) is 21.2 Å². The Morgan fingerprint density at radius 1 is 1.35 bits per heavy atom. The summed E-state index contributed by atoms with van der Waals surface area (Å²) in [5.74, 6) is 1.86. The first-order valence-electron chi connectivity index (χ1n) is 5.84. The van der Waals surface area contributed by atoms with E-state index in [9.17, 15) is 0 Å². The van der Waals surface area contributed by atoms with E-state index < -0.39 is 0 Å². The van der Waals surface area contributed by atoms with Crippen LogP contribution >= 0.6 is 31.9 Å². The van der Waals surface area contributed by atoms with E-state index in [1.54, 1.807) is 6.20 Å². The van der Waals surface area contributed by atoms with Crippen LogP contribution in [0.1, 0.15) is 19.3 Å². The van der Waals surface area contributed by atoms with Gasteiger partial charge >= 0.3 is 0 Å². The third kappa shape index (κ3) is 3.42. The molecule has 2 N–H and O–H groups in total. The molecule has 0 aliphatic heterocycles. The smallest absolute Gasteiger partial charge is 0.228 e.